The van der Waals surface area contributed by atoms with Gasteiger partial charge in [0.1, 0.15) is 28.8 Å². The minimum atomic E-state index is -0.971. The maximum absolute atomic E-state index is 14.8. The Hall–Kier alpha value is -3.14. The van der Waals surface area contributed by atoms with Crippen LogP contribution in [0.3, 0.4) is 0 Å². The van der Waals surface area contributed by atoms with Gasteiger partial charge in [-0.25, -0.2) is 18.2 Å². The van der Waals surface area contributed by atoms with Gasteiger partial charge in [-0.3, -0.25) is 9.78 Å². The molecule has 2 heterocycles. The molecule has 1 saturated carbocycles. The van der Waals surface area contributed by atoms with Gasteiger partial charge in [-0.05, 0) is 78.1 Å². The van der Waals surface area contributed by atoms with Crippen LogP contribution in [0.2, 0.25) is 0 Å². The summed E-state index contributed by atoms with van der Waals surface area (Å²) in [7, 11) is 1.48. The first-order valence-corrected chi connectivity index (χ1v) is 12.2. The van der Waals surface area contributed by atoms with E-state index in [0.29, 0.717) is 24.0 Å². The monoisotopic (exact) mass is 513 g/mol. The van der Waals surface area contributed by atoms with E-state index in [9.17, 15) is 23.1 Å². The van der Waals surface area contributed by atoms with Crippen LogP contribution in [0.4, 0.5) is 13.2 Å². The Balaban J connectivity index is 1.61. The molecular formula is C28H30F3N3O3. The predicted molar refractivity (Wildman–Crippen MR) is 133 cm³/mol. The quantitative estimate of drug-likeness (QED) is 0.434. The number of nitrogens with zero attached hydrogens (tertiary/aromatic N) is 2. The molecule has 1 aliphatic rings. The molecule has 0 amide bonds. The van der Waals surface area contributed by atoms with E-state index < -0.39 is 40.6 Å². The molecule has 0 saturated heterocycles. The Morgan fingerprint density at radius 2 is 1.86 bits per heavy atom. The lowest BCUT2D eigenvalue weighted by Gasteiger charge is -2.36. The molecule has 4 rings (SSSR count). The average Bonchev–Trinajstić information content (AvgIpc) is 2.86. The number of pyridine rings is 2. The molecule has 0 spiro atoms. The highest BCUT2D eigenvalue weighted by Gasteiger charge is 2.34. The number of ether oxygens (including phenoxy) is 1. The lowest BCUT2D eigenvalue weighted by molar-refractivity contribution is 0.0519. The molecule has 2 aromatic heterocycles. The highest BCUT2D eigenvalue weighted by atomic mass is 19.1. The first-order valence-electron chi connectivity index (χ1n) is 12.2. The molecule has 1 fully saturated rings. The third-order valence-electron chi connectivity index (χ3n) is 7.03. The van der Waals surface area contributed by atoms with Gasteiger partial charge in [0.2, 0.25) is 0 Å². The second-order valence-corrected chi connectivity index (χ2v) is 9.68. The minimum Gasteiger partial charge on any atom is -0.391 e. The number of benzene rings is 1. The molecule has 3 aromatic rings. The zero-order chi connectivity index (χ0) is 26.7. The molecule has 0 aliphatic heterocycles. The zero-order valence-electron chi connectivity index (χ0n) is 20.8. The standard InChI is InChI=1S/C28H30F3N3O3/c1-15-9-17(12-23(32)28(15)36)19-5-7-33-14-18(19)13-25(35)24-4-3-20(29)27(34-24)26-21(30)10-16(6-8-37-2)11-22(26)31/h3-5,7,10-11,14-15,17,23,28,36H,6,8-9,12-13,32H2,1-2H3/t15-,17+,23+,28+/m0/s1. The topological polar surface area (TPSA) is 98.3 Å². The number of Topliss-reactive ketones (excluding diaryl/α,β-unsaturated/α-hetero) is 1. The van der Waals surface area contributed by atoms with Crippen molar-refractivity contribution in [2.45, 2.75) is 50.7 Å². The summed E-state index contributed by atoms with van der Waals surface area (Å²) >= 11 is 0. The zero-order valence-corrected chi connectivity index (χ0v) is 20.8. The Bertz CT molecular complexity index is 1250. The van der Waals surface area contributed by atoms with Crippen molar-refractivity contribution < 1.29 is 27.8 Å². The Labute approximate surface area is 213 Å². The summed E-state index contributed by atoms with van der Waals surface area (Å²) < 4.78 is 49.2. The number of hydrogen-bond donors (Lipinski definition) is 2. The molecule has 9 heteroatoms. The Morgan fingerprint density at radius 1 is 1.14 bits per heavy atom. The lowest BCUT2D eigenvalue weighted by atomic mass is 9.74. The van der Waals surface area contributed by atoms with E-state index >= 15 is 0 Å². The molecule has 3 N–H and O–H groups in total. The molecule has 37 heavy (non-hydrogen) atoms. The number of ketones is 1. The van der Waals surface area contributed by atoms with E-state index in [1.165, 1.54) is 13.2 Å². The molecule has 6 nitrogen and oxygen atoms in total. The molecule has 0 bridgehead atoms. The SMILES string of the molecule is COCCc1cc(F)c(-c2nc(C(=O)Cc3cnccc3[C@H]3C[C@@H](N)[C@H](O)[C@@H](C)C3)ccc2F)c(F)c1. The molecule has 1 aliphatic carbocycles. The van der Waals surface area contributed by atoms with Crippen molar-refractivity contribution in [3.8, 4) is 11.3 Å². The third kappa shape index (κ3) is 5.89. The maximum Gasteiger partial charge on any atom is 0.185 e. The number of carbonyl (C=O) groups excluding carboxylic acids is 1. The summed E-state index contributed by atoms with van der Waals surface area (Å²) in [6, 6.07) is 5.88. The number of methoxy groups -OCH3 is 1. The smallest absolute Gasteiger partial charge is 0.185 e. The van der Waals surface area contributed by atoms with Gasteiger partial charge >= 0.3 is 0 Å². The van der Waals surface area contributed by atoms with Gasteiger partial charge in [-0.1, -0.05) is 6.92 Å². The van der Waals surface area contributed by atoms with Crippen LogP contribution < -0.4 is 5.73 Å². The average molecular weight is 514 g/mol. The van der Waals surface area contributed by atoms with E-state index in [1.807, 2.05) is 13.0 Å². The van der Waals surface area contributed by atoms with Crippen LogP contribution >= 0.6 is 0 Å². The summed E-state index contributed by atoms with van der Waals surface area (Å²) in [5, 5.41) is 10.2. The number of aliphatic hydroxyl groups excluding tert-OH is 1. The van der Waals surface area contributed by atoms with Gasteiger partial charge in [0.15, 0.2) is 5.78 Å². The summed E-state index contributed by atoms with van der Waals surface area (Å²) in [5.41, 5.74) is 6.77. The summed E-state index contributed by atoms with van der Waals surface area (Å²) in [6.07, 6.45) is 4.13. The molecule has 0 unspecified atom stereocenters. The van der Waals surface area contributed by atoms with E-state index in [4.69, 9.17) is 10.5 Å². The van der Waals surface area contributed by atoms with Gasteiger partial charge in [0, 0.05) is 32.0 Å². The number of hydrogen-bond acceptors (Lipinski definition) is 6. The van der Waals surface area contributed by atoms with Crippen LogP contribution in [0, 0.1) is 23.4 Å². The van der Waals surface area contributed by atoms with E-state index in [2.05, 4.69) is 9.97 Å². The van der Waals surface area contributed by atoms with Crippen LogP contribution in [-0.2, 0) is 17.6 Å². The number of carbonyl (C=O) groups is 1. The molecular weight excluding hydrogens is 483 g/mol. The largest absolute Gasteiger partial charge is 0.391 e. The van der Waals surface area contributed by atoms with Crippen molar-refractivity contribution in [1.29, 1.82) is 0 Å². The van der Waals surface area contributed by atoms with Crippen molar-refractivity contribution in [3.63, 3.8) is 0 Å². The Morgan fingerprint density at radius 3 is 2.54 bits per heavy atom. The molecule has 196 valence electrons. The van der Waals surface area contributed by atoms with E-state index in [1.54, 1.807) is 12.4 Å². The Kier molecular flexibility index (Phi) is 8.36. The van der Waals surface area contributed by atoms with Crippen molar-refractivity contribution in [3.05, 3.63) is 82.6 Å². The number of aromatic nitrogens is 2. The van der Waals surface area contributed by atoms with E-state index in [-0.39, 0.29) is 43.0 Å². The van der Waals surface area contributed by atoms with Crippen molar-refractivity contribution in [2.24, 2.45) is 11.7 Å². The number of aliphatic hydroxyl groups is 1. The summed E-state index contributed by atoms with van der Waals surface area (Å²) in [6.45, 7) is 2.21. The first-order chi connectivity index (χ1) is 17.7. The van der Waals surface area contributed by atoms with Crippen molar-refractivity contribution >= 4 is 5.78 Å². The normalized spacial score (nSPS) is 21.7. The van der Waals surface area contributed by atoms with Crippen LogP contribution in [0.25, 0.3) is 11.3 Å². The molecule has 0 radical (unpaired) electrons. The van der Waals surface area contributed by atoms with Crippen molar-refractivity contribution in [2.75, 3.05) is 13.7 Å². The second kappa shape index (κ2) is 11.5. The van der Waals surface area contributed by atoms with Gasteiger partial charge in [0.25, 0.3) is 0 Å². The predicted octanol–water partition coefficient (Wildman–Crippen LogP) is 4.38. The minimum absolute atomic E-state index is 0.00234. The highest BCUT2D eigenvalue weighted by Crippen LogP contribution is 2.37. The van der Waals surface area contributed by atoms with E-state index in [0.717, 1.165) is 23.8 Å². The number of rotatable bonds is 8. The summed E-state index contributed by atoms with van der Waals surface area (Å²) in [4.78, 5) is 21.4. The highest BCUT2D eigenvalue weighted by molar-refractivity contribution is 5.96. The van der Waals surface area contributed by atoms with Gasteiger partial charge in [0.05, 0.1) is 18.3 Å². The van der Waals surface area contributed by atoms with Crippen molar-refractivity contribution in [1.82, 2.24) is 9.97 Å². The molecule has 4 atom stereocenters. The van der Waals surface area contributed by atoms with Gasteiger partial charge in [-0.2, -0.15) is 0 Å². The van der Waals surface area contributed by atoms with Gasteiger partial charge < -0.3 is 15.6 Å². The van der Waals surface area contributed by atoms with Gasteiger partial charge in [-0.15, -0.1) is 0 Å². The second-order valence-electron chi connectivity index (χ2n) is 9.68. The van der Waals surface area contributed by atoms with Crippen LogP contribution in [0.1, 0.15) is 52.9 Å². The fourth-order valence-electron chi connectivity index (χ4n) is 5.06. The maximum atomic E-state index is 14.8. The molecule has 1 aromatic carbocycles. The fraction of sp³-hybridized carbons (Fsp3) is 0.393. The first kappa shape index (κ1) is 26.9. The lowest BCUT2D eigenvalue weighted by Crippen LogP contribution is -2.44. The number of halogens is 3. The van der Waals surface area contributed by atoms with Crippen LogP contribution in [0.5, 0.6) is 0 Å². The number of nitrogens with two attached hydrogens (primary N) is 1. The fourth-order valence-corrected chi connectivity index (χ4v) is 5.06. The third-order valence-corrected chi connectivity index (χ3v) is 7.03. The summed E-state index contributed by atoms with van der Waals surface area (Å²) in [5.74, 6) is -3.29. The van der Waals surface area contributed by atoms with Crippen LogP contribution in [-0.4, -0.2) is 46.7 Å². The van der Waals surface area contributed by atoms with Crippen LogP contribution in [0.15, 0.2) is 42.7 Å².